The quantitative estimate of drug-likeness (QED) is 0.404. The van der Waals surface area contributed by atoms with Crippen LogP contribution in [0.4, 0.5) is 0 Å². The van der Waals surface area contributed by atoms with Gasteiger partial charge in [0.25, 0.3) is 0 Å². The van der Waals surface area contributed by atoms with Crippen LogP contribution < -0.4 is 0 Å². The fourth-order valence-corrected chi connectivity index (χ4v) is 3.72. The highest BCUT2D eigenvalue weighted by Crippen LogP contribution is 2.36. The maximum Gasteiger partial charge on any atom is 0.340 e. The summed E-state index contributed by atoms with van der Waals surface area (Å²) in [6.45, 7) is 1.81. The average Bonchev–Trinajstić information content (AvgIpc) is 3.00. The molecule has 0 amide bonds. The van der Waals surface area contributed by atoms with Gasteiger partial charge in [0.15, 0.2) is 0 Å². The number of nitrogens with zero attached hydrogens (tertiary/aromatic N) is 1. The molecule has 0 saturated heterocycles. The van der Waals surface area contributed by atoms with E-state index in [1.54, 1.807) is 0 Å². The van der Waals surface area contributed by atoms with Crippen molar-refractivity contribution in [3.8, 4) is 0 Å². The molecule has 0 unspecified atom stereocenters. The summed E-state index contributed by atoms with van der Waals surface area (Å²) in [6.07, 6.45) is 0. The Balaban J connectivity index is 2.38. The zero-order chi connectivity index (χ0) is 18.4. The predicted molar refractivity (Wildman–Crippen MR) is 99.8 cm³/mol. The van der Waals surface area contributed by atoms with E-state index in [0.29, 0.717) is 11.2 Å². The van der Waals surface area contributed by atoms with Gasteiger partial charge in [-0.3, -0.25) is 0 Å². The lowest BCUT2D eigenvalue weighted by Crippen LogP contribution is -2.10. The molecule has 0 aliphatic heterocycles. The summed E-state index contributed by atoms with van der Waals surface area (Å²) in [6, 6.07) is 15.8. The van der Waals surface area contributed by atoms with E-state index >= 15 is 0 Å². The molecule has 0 spiro atoms. The fraction of sp³-hybridized carbons (Fsp3) is 0.143. The monoisotopic (exact) mass is 347 g/mol. The van der Waals surface area contributed by atoms with E-state index in [-0.39, 0.29) is 11.1 Å². The molecule has 2 aromatic heterocycles. The molecule has 5 nitrogen and oxygen atoms in total. The molecule has 4 aromatic rings. The lowest BCUT2D eigenvalue weighted by Gasteiger charge is -2.11. The highest BCUT2D eigenvalue weighted by molar-refractivity contribution is 6.20. The first-order valence-electron chi connectivity index (χ1n) is 8.21. The molecular weight excluding hydrogens is 330 g/mol. The predicted octanol–water partition coefficient (Wildman–Crippen LogP) is 4.13. The number of hydrogen-bond acceptors (Lipinski definition) is 4. The van der Waals surface area contributed by atoms with Gasteiger partial charge in [0.05, 0.1) is 30.8 Å². The van der Waals surface area contributed by atoms with Crippen molar-refractivity contribution in [1.29, 1.82) is 0 Å². The van der Waals surface area contributed by atoms with Crippen LogP contribution in [-0.2, 0) is 9.47 Å². The molecule has 2 heterocycles. The number of rotatable bonds is 2. The normalized spacial score (nSPS) is 11.2. The maximum absolute atomic E-state index is 12.6. The van der Waals surface area contributed by atoms with Gasteiger partial charge in [-0.15, -0.1) is 0 Å². The van der Waals surface area contributed by atoms with Gasteiger partial charge in [0.2, 0.25) is 0 Å². The number of ether oxygens (including phenoxy) is 2. The molecule has 0 radical (unpaired) electrons. The van der Waals surface area contributed by atoms with Crippen LogP contribution in [-0.4, -0.2) is 30.6 Å². The Labute approximate surface area is 149 Å². The molecule has 4 rings (SSSR count). The van der Waals surface area contributed by atoms with Crippen molar-refractivity contribution in [2.45, 2.75) is 6.92 Å². The first kappa shape index (κ1) is 16.1. The molecular formula is C21H17NO4. The van der Waals surface area contributed by atoms with Crippen LogP contribution in [0.15, 0.2) is 48.5 Å². The Hall–Kier alpha value is -3.34. The first-order valence-corrected chi connectivity index (χ1v) is 8.21. The molecule has 5 heteroatoms. The van der Waals surface area contributed by atoms with Crippen LogP contribution in [0, 0.1) is 6.92 Å². The zero-order valence-corrected chi connectivity index (χ0v) is 14.7. The van der Waals surface area contributed by atoms with Gasteiger partial charge in [-0.1, -0.05) is 42.5 Å². The van der Waals surface area contributed by atoms with Crippen LogP contribution in [0.2, 0.25) is 0 Å². The third-order valence-electron chi connectivity index (χ3n) is 4.80. The maximum atomic E-state index is 12.6. The lowest BCUT2D eigenvalue weighted by atomic mass is 10.0. The van der Waals surface area contributed by atoms with E-state index in [4.69, 9.17) is 9.47 Å². The Morgan fingerprint density at radius 1 is 0.769 bits per heavy atom. The van der Waals surface area contributed by atoms with E-state index in [1.807, 2.05) is 59.9 Å². The van der Waals surface area contributed by atoms with Crippen molar-refractivity contribution in [3.63, 3.8) is 0 Å². The molecule has 0 aliphatic rings. The highest BCUT2D eigenvalue weighted by atomic mass is 16.5. The second-order valence-electron chi connectivity index (χ2n) is 6.07. The molecule has 2 aromatic carbocycles. The van der Waals surface area contributed by atoms with Gasteiger partial charge in [0.1, 0.15) is 5.56 Å². The van der Waals surface area contributed by atoms with Crippen LogP contribution in [0.3, 0.4) is 0 Å². The molecule has 0 fully saturated rings. The number of fused-ring (bicyclic) bond motifs is 6. The Bertz CT molecular complexity index is 1200. The number of carbonyl (C=O) groups excluding carboxylic acids is 2. The molecule has 0 bridgehead atoms. The molecule has 0 aliphatic carbocycles. The van der Waals surface area contributed by atoms with E-state index in [2.05, 4.69) is 0 Å². The van der Waals surface area contributed by atoms with Crippen molar-refractivity contribution >= 4 is 39.1 Å². The number of carbonyl (C=O) groups is 2. The van der Waals surface area contributed by atoms with Crippen molar-refractivity contribution < 1.29 is 19.1 Å². The molecule has 0 N–H and O–H groups in total. The van der Waals surface area contributed by atoms with E-state index < -0.39 is 11.9 Å². The zero-order valence-electron chi connectivity index (χ0n) is 14.7. The van der Waals surface area contributed by atoms with Crippen LogP contribution in [0.1, 0.15) is 26.4 Å². The molecule has 0 saturated carbocycles. The number of aryl methyl sites for hydroxylation is 1. The highest BCUT2D eigenvalue weighted by Gasteiger charge is 2.29. The summed E-state index contributed by atoms with van der Waals surface area (Å²) in [5.41, 5.74) is 2.69. The van der Waals surface area contributed by atoms with E-state index in [1.165, 1.54) is 14.2 Å². The largest absolute Gasteiger partial charge is 0.465 e. The summed E-state index contributed by atoms with van der Waals surface area (Å²) in [5.74, 6) is -1.11. The van der Waals surface area contributed by atoms with Crippen LogP contribution in [0.25, 0.3) is 27.2 Å². The third-order valence-corrected chi connectivity index (χ3v) is 4.80. The number of aromatic nitrogens is 1. The summed E-state index contributed by atoms with van der Waals surface area (Å²) < 4.78 is 11.9. The number of benzene rings is 2. The Morgan fingerprint density at radius 2 is 1.31 bits per heavy atom. The second-order valence-corrected chi connectivity index (χ2v) is 6.07. The van der Waals surface area contributed by atoms with Gasteiger partial charge < -0.3 is 13.9 Å². The standard InChI is InChI=1S/C21H17NO4/c1-12-17(20(23)25-2)18(21(24)26-3)19-15-10-5-4-8-13(15)14-9-6-7-11-16(14)22(12)19/h4-11H,1-3H3. The smallest absolute Gasteiger partial charge is 0.340 e. The fourth-order valence-electron chi connectivity index (χ4n) is 3.72. The summed E-state index contributed by atoms with van der Waals surface area (Å²) in [4.78, 5) is 25.1. The minimum Gasteiger partial charge on any atom is -0.465 e. The van der Waals surface area contributed by atoms with Gasteiger partial charge in [-0.05, 0) is 18.4 Å². The van der Waals surface area contributed by atoms with Crippen LogP contribution in [0.5, 0.6) is 0 Å². The van der Waals surface area contributed by atoms with Gasteiger partial charge in [-0.25, -0.2) is 9.59 Å². The molecule has 26 heavy (non-hydrogen) atoms. The Morgan fingerprint density at radius 3 is 1.96 bits per heavy atom. The SMILES string of the molecule is COC(=O)c1c(C(=O)OC)c2c3ccccc3c3ccccc3n2c1C. The first-order chi connectivity index (χ1) is 12.6. The van der Waals surface area contributed by atoms with Crippen LogP contribution >= 0.6 is 0 Å². The van der Waals surface area contributed by atoms with E-state index in [0.717, 1.165) is 21.7 Å². The topological polar surface area (TPSA) is 57.0 Å². The summed E-state index contributed by atoms with van der Waals surface area (Å²) in [7, 11) is 2.62. The van der Waals surface area contributed by atoms with Crippen molar-refractivity contribution in [1.82, 2.24) is 4.40 Å². The summed E-state index contributed by atoms with van der Waals surface area (Å²) >= 11 is 0. The average molecular weight is 347 g/mol. The van der Waals surface area contributed by atoms with Gasteiger partial charge >= 0.3 is 11.9 Å². The van der Waals surface area contributed by atoms with Gasteiger partial charge in [0, 0.05) is 16.5 Å². The molecule has 130 valence electrons. The number of hydrogen-bond donors (Lipinski definition) is 0. The summed E-state index contributed by atoms with van der Waals surface area (Å²) in [5, 5.41) is 2.93. The minimum atomic E-state index is -0.559. The lowest BCUT2D eigenvalue weighted by molar-refractivity contribution is 0.0557. The minimum absolute atomic E-state index is 0.235. The third kappa shape index (κ3) is 2.03. The Kier molecular flexibility index (Phi) is 3.65. The van der Waals surface area contributed by atoms with Gasteiger partial charge in [-0.2, -0.15) is 0 Å². The molecule has 0 atom stereocenters. The number of methoxy groups -OCH3 is 2. The second kappa shape index (κ2) is 5.88. The van der Waals surface area contributed by atoms with Crippen molar-refractivity contribution in [3.05, 3.63) is 65.4 Å². The number of pyridine rings is 1. The van der Waals surface area contributed by atoms with Crippen molar-refractivity contribution in [2.24, 2.45) is 0 Å². The number of esters is 2. The number of para-hydroxylation sites is 1. The van der Waals surface area contributed by atoms with Crippen molar-refractivity contribution in [2.75, 3.05) is 14.2 Å². The van der Waals surface area contributed by atoms with E-state index in [9.17, 15) is 9.59 Å².